The lowest BCUT2D eigenvalue weighted by Gasteiger charge is -2.13. The van der Waals surface area contributed by atoms with Gasteiger partial charge in [-0.2, -0.15) is 0 Å². The van der Waals surface area contributed by atoms with Gasteiger partial charge in [0, 0.05) is 13.0 Å². The van der Waals surface area contributed by atoms with Gasteiger partial charge in [-0.25, -0.2) is 4.79 Å². The molecular formula is C9H15NO6. The Kier molecular flexibility index (Phi) is 6.86. The van der Waals surface area contributed by atoms with Crippen molar-refractivity contribution in [3.8, 4) is 0 Å². The average molecular weight is 233 g/mol. The topological polar surface area (TPSA) is 124 Å². The summed E-state index contributed by atoms with van der Waals surface area (Å²) in [5.74, 6) is -2.93. The van der Waals surface area contributed by atoms with E-state index >= 15 is 0 Å². The van der Waals surface area contributed by atoms with E-state index in [9.17, 15) is 14.4 Å². The first kappa shape index (κ1) is 14.4. The second kappa shape index (κ2) is 7.63. The lowest BCUT2D eigenvalue weighted by molar-refractivity contribution is -0.142. The highest BCUT2D eigenvalue weighted by Crippen LogP contribution is 1.99. The van der Waals surface area contributed by atoms with Crippen molar-refractivity contribution in [3.05, 3.63) is 0 Å². The summed E-state index contributed by atoms with van der Waals surface area (Å²) in [6, 6.07) is -1.08. The molecule has 0 aromatic carbocycles. The molecule has 1 amide bonds. The van der Waals surface area contributed by atoms with Crippen LogP contribution in [0, 0.1) is 0 Å². The molecule has 0 rings (SSSR count). The molecule has 0 bridgehead atoms. The van der Waals surface area contributed by atoms with Crippen LogP contribution in [0.4, 0.5) is 0 Å². The van der Waals surface area contributed by atoms with E-state index in [2.05, 4.69) is 5.32 Å². The molecule has 0 aliphatic heterocycles. The molecule has 7 nitrogen and oxygen atoms in total. The van der Waals surface area contributed by atoms with Crippen LogP contribution in [0.3, 0.4) is 0 Å². The Hall–Kier alpha value is -1.63. The van der Waals surface area contributed by atoms with Crippen molar-refractivity contribution < 1.29 is 29.7 Å². The minimum Gasteiger partial charge on any atom is -0.481 e. The Bertz CT molecular complexity index is 265. The highest BCUT2D eigenvalue weighted by molar-refractivity contribution is 5.85. The quantitative estimate of drug-likeness (QED) is 0.435. The molecule has 0 aliphatic rings. The number of hydrogen-bond donors (Lipinski definition) is 4. The average Bonchev–Trinajstić information content (AvgIpc) is 2.20. The number of carboxylic acid groups (broad SMARTS) is 2. The summed E-state index contributed by atoms with van der Waals surface area (Å²) in [5.41, 5.74) is 0. The van der Waals surface area contributed by atoms with Gasteiger partial charge in [-0.05, 0) is 12.8 Å². The molecule has 0 spiro atoms. The Labute approximate surface area is 92.1 Å². The van der Waals surface area contributed by atoms with Crippen LogP contribution in [0.5, 0.6) is 0 Å². The van der Waals surface area contributed by atoms with E-state index in [4.69, 9.17) is 15.3 Å². The lowest BCUT2D eigenvalue weighted by Crippen LogP contribution is -2.40. The molecular weight excluding hydrogens is 218 g/mol. The minimum absolute atomic E-state index is 0.116. The van der Waals surface area contributed by atoms with Crippen LogP contribution in [0.2, 0.25) is 0 Å². The largest absolute Gasteiger partial charge is 0.481 e. The van der Waals surface area contributed by atoms with Gasteiger partial charge < -0.3 is 20.6 Å². The van der Waals surface area contributed by atoms with Crippen molar-refractivity contribution in [1.82, 2.24) is 5.32 Å². The van der Waals surface area contributed by atoms with Gasteiger partial charge in [-0.3, -0.25) is 9.59 Å². The van der Waals surface area contributed by atoms with Crippen molar-refractivity contribution in [2.45, 2.75) is 31.7 Å². The molecule has 4 N–H and O–H groups in total. The monoisotopic (exact) mass is 233 g/mol. The fourth-order valence-electron chi connectivity index (χ4n) is 1.04. The second-order valence-electron chi connectivity index (χ2n) is 3.22. The second-order valence-corrected chi connectivity index (χ2v) is 3.22. The van der Waals surface area contributed by atoms with Crippen molar-refractivity contribution >= 4 is 17.8 Å². The van der Waals surface area contributed by atoms with E-state index in [1.807, 2.05) is 0 Å². The zero-order valence-corrected chi connectivity index (χ0v) is 8.68. The summed E-state index contributed by atoms with van der Waals surface area (Å²) in [4.78, 5) is 32.0. The normalized spacial score (nSPS) is 11.8. The Morgan fingerprint density at radius 1 is 1.12 bits per heavy atom. The highest BCUT2D eigenvalue weighted by atomic mass is 16.4. The van der Waals surface area contributed by atoms with E-state index < -0.39 is 23.9 Å². The van der Waals surface area contributed by atoms with Crippen molar-refractivity contribution in [2.75, 3.05) is 6.61 Å². The van der Waals surface area contributed by atoms with Crippen LogP contribution < -0.4 is 5.32 Å². The first-order chi connectivity index (χ1) is 7.47. The molecule has 0 aromatic heterocycles. The van der Waals surface area contributed by atoms with Crippen LogP contribution >= 0.6 is 0 Å². The molecule has 1 atom stereocenters. The minimum atomic E-state index is -1.20. The van der Waals surface area contributed by atoms with Gasteiger partial charge in [0.25, 0.3) is 0 Å². The Balaban J connectivity index is 4.02. The lowest BCUT2D eigenvalue weighted by atomic mass is 10.1. The highest BCUT2D eigenvalue weighted by Gasteiger charge is 2.19. The Morgan fingerprint density at radius 3 is 2.19 bits per heavy atom. The first-order valence-corrected chi connectivity index (χ1v) is 4.82. The van der Waals surface area contributed by atoms with Gasteiger partial charge in [0.1, 0.15) is 6.04 Å². The van der Waals surface area contributed by atoms with Crippen LogP contribution in [0.15, 0.2) is 0 Å². The number of amides is 1. The predicted molar refractivity (Wildman–Crippen MR) is 52.8 cm³/mol. The van der Waals surface area contributed by atoms with Crippen molar-refractivity contribution in [3.63, 3.8) is 0 Å². The molecule has 16 heavy (non-hydrogen) atoms. The molecule has 1 unspecified atom stereocenters. The van der Waals surface area contributed by atoms with Crippen molar-refractivity contribution in [2.24, 2.45) is 0 Å². The number of carboxylic acids is 2. The Morgan fingerprint density at radius 2 is 1.75 bits per heavy atom. The molecule has 0 radical (unpaired) electrons. The molecule has 0 aliphatic carbocycles. The van der Waals surface area contributed by atoms with Gasteiger partial charge >= 0.3 is 11.9 Å². The van der Waals surface area contributed by atoms with Crippen LogP contribution in [-0.4, -0.2) is 45.8 Å². The summed E-state index contributed by atoms with van der Waals surface area (Å²) >= 11 is 0. The number of aliphatic carboxylic acids is 2. The fraction of sp³-hybridized carbons (Fsp3) is 0.667. The number of hydrogen-bond acceptors (Lipinski definition) is 4. The number of nitrogens with one attached hydrogen (secondary N) is 1. The zero-order chi connectivity index (χ0) is 12.6. The maximum atomic E-state index is 11.1. The summed E-state index contributed by atoms with van der Waals surface area (Å²) in [5, 5.41) is 27.7. The van der Waals surface area contributed by atoms with E-state index in [1.165, 1.54) is 0 Å². The summed E-state index contributed by atoms with van der Waals surface area (Å²) < 4.78 is 0. The maximum absolute atomic E-state index is 11.1. The van der Waals surface area contributed by atoms with Crippen LogP contribution in [0.1, 0.15) is 25.7 Å². The predicted octanol–water partition coefficient (Wildman–Crippen LogP) is -0.807. The van der Waals surface area contributed by atoms with E-state index in [0.29, 0.717) is 0 Å². The third-order valence-corrected chi connectivity index (χ3v) is 1.85. The van der Waals surface area contributed by atoms with Crippen molar-refractivity contribution in [1.29, 1.82) is 0 Å². The van der Waals surface area contributed by atoms with Gasteiger partial charge in [-0.1, -0.05) is 0 Å². The molecule has 0 saturated heterocycles. The van der Waals surface area contributed by atoms with E-state index in [0.717, 1.165) is 0 Å². The molecule has 0 saturated carbocycles. The number of aliphatic hydroxyl groups excluding tert-OH is 1. The zero-order valence-electron chi connectivity index (χ0n) is 8.68. The standard InChI is InChI=1S/C9H15NO6/c11-5-1-2-6(9(15)16)10-7(12)3-4-8(13)14/h6,11H,1-5H2,(H,10,12)(H,13,14)(H,15,16). The number of carbonyl (C=O) groups is 3. The number of aliphatic hydroxyl groups is 1. The van der Waals surface area contributed by atoms with E-state index in [1.54, 1.807) is 0 Å². The summed E-state index contributed by atoms with van der Waals surface area (Å²) in [6.45, 7) is -0.158. The molecule has 0 heterocycles. The van der Waals surface area contributed by atoms with E-state index in [-0.39, 0.29) is 32.3 Å². The van der Waals surface area contributed by atoms with Crippen LogP contribution in [0.25, 0.3) is 0 Å². The summed E-state index contributed by atoms with van der Waals surface area (Å²) in [6.07, 6.45) is -0.211. The van der Waals surface area contributed by atoms with Gasteiger partial charge in [0.05, 0.1) is 6.42 Å². The number of carbonyl (C=O) groups excluding carboxylic acids is 1. The third-order valence-electron chi connectivity index (χ3n) is 1.85. The van der Waals surface area contributed by atoms with Gasteiger partial charge in [0.2, 0.25) is 5.91 Å². The fourth-order valence-corrected chi connectivity index (χ4v) is 1.04. The smallest absolute Gasteiger partial charge is 0.326 e. The van der Waals surface area contributed by atoms with Gasteiger partial charge in [0.15, 0.2) is 0 Å². The first-order valence-electron chi connectivity index (χ1n) is 4.82. The maximum Gasteiger partial charge on any atom is 0.326 e. The molecule has 0 aromatic rings. The molecule has 92 valence electrons. The molecule has 7 heteroatoms. The third kappa shape index (κ3) is 6.77. The molecule has 0 fully saturated rings. The van der Waals surface area contributed by atoms with Gasteiger partial charge in [-0.15, -0.1) is 0 Å². The van der Waals surface area contributed by atoms with Crippen LogP contribution in [-0.2, 0) is 14.4 Å². The number of rotatable bonds is 8. The summed E-state index contributed by atoms with van der Waals surface area (Å²) in [7, 11) is 0. The SMILES string of the molecule is O=C(O)CCC(=O)NC(CCCO)C(=O)O.